The highest BCUT2D eigenvalue weighted by Gasteiger charge is 2.28. The number of halogens is 1. The Morgan fingerprint density at radius 3 is 2.83 bits per heavy atom. The van der Waals surface area contributed by atoms with Crippen LogP contribution in [0.15, 0.2) is 18.2 Å². The molecule has 0 amide bonds. The van der Waals surface area contributed by atoms with Gasteiger partial charge in [0.2, 0.25) is 0 Å². The summed E-state index contributed by atoms with van der Waals surface area (Å²) >= 11 is 8.05. The van der Waals surface area contributed by atoms with E-state index in [4.69, 9.17) is 22.7 Å². The fourth-order valence-corrected chi connectivity index (χ4v) is 3.49. The molecule has 5 heteroatoms. The Bertz CT molecular complexity index is 473. The summed E-state index contributed by atoms with van der Waals surface area (Å²) in [6.45, 7) is 6.39. The second-order valence-electron chi connectivity index (χ2n) is 5.10. The molecule has 3 nitrogen and oxygen atoms in total. The van der Waals surface area contributed by atoms with Crippen LogP contribution in [0.25, 0.3) is 0 Å². The quantitative estimate of drug-likeness (QED) is 0.648. The number of rotatable bonds is 2. The standard InChI is InChI=1S/C13H18ClN3S/c1-13(2)8-17(5-6-18-13)11-7-9(14)3-4-10(11)12(15)16/h3-4,7H,5-6,8H2,1-2H3,(H3,15,16). The molecule has 0 unspecified atom stereocenters. The smallest absolute Gasteiger partial charge is 0.124 e. The van der Waals surface area contributed by atoms with Crippen LogP contribution in [0, 0.1) is 5.41 Å². The third kappa shape index (κ3) is 2.93. The van der Waals surface area contributed by atoms with E-state index in [1.165, 1.54) is 0 Å². The maximum atomic E-state index is 7.67. The number of benzene rings is 1. The van der Waals surface area contributed by atoms with Crippen LogP contribution in [-0.4, -0.2) is 29.4 Å². The van der Waals surface area contributed by atoms with Gasteiger partial charge in [-0.25, -0.2) is 0 Å². The van der Waals surface area contributed by atoms with E-state index < -0.39 is 0 Å². The Balaban J connectivity index is 2.37. The Morgan fingerprint density at radius 2 is 2.22 bits per heavy atom. The minimum atomic E-state index is 0.0951. The van der Waals surface area contributed by atoms with Gasteiger partial charge in [0.05, 0.1) is 0 Å². The molecule has 18 heavy (non-hydrogen) atoms. The molecule has 0 atom stereocenters. The summed E-state index contributed by atoms with van der Waals surface area (Å²) in [7, 11) is 0. The Labute approximate surface area is 117 Å². The molecular formula is C13H18ClN3S. The first-order valence-electron chi connectivity index (χ1n) is 5.92. The summed E-state index contributed by atoms with van der Waals surface area (Å²) in [5.41, 5.74) is 7.39. The van der Waals surface area contributed by atoms with E-state index in [0.29, 0.717) is 5.02 Å². The lowest BCUT2D eigenvalue weighted by atomic mass is 10.1. The largest absolute Gasteiger partial charge is 0.384 e. The van der Waals surface area contributed by atoms with Crippen molar-refractivity contribution in [2.24, 2.45) is 5.73 Å². The van der Waals surface area contributed by atoms with E-state index in [9.17, 15) is 0 Å². The maximum absolute atomic E-state index is 7.67. The average Bonchev–Trinajstić information content (AvgIpc) is 2.27. The number of hydrogen-bond acceptors (Lipinski definition) is 3. The number of nitrogens with zero attached hydrogens (tertiary/aromatic N) is 1. The van der Waals surface area contributed by atoms with Crippen molar-refractivity contribution >= 4 is 34.9 Å². The van der Waals surface area contributed by atoms with E-state index >= 15 is 0 Å². The molecule has 0 radical (unpaired) electrons. The summed E-state index contributed by atoms with van der Waals surface area (Å²) in [6, 6.07) is 5.52. The van der Waals surface area contributed by atoms with E-state index in [1.54, 1.807) is 6.07 Å². The molecule has 0 spiro atoms. The van der Waals surface area contributed by atoms with Gasteiger partial charge in [-0.2, -0.15) is 11.8 Å². The molecule has 1 aromatic carbocycles. The predicted molar refractivity (Wildman–Crippen MR) is 81.2 cm³/mol. The molecular weight excluding hydrogens is 266 g/mol. The van der Waals surface area contributed by atoms with Crippen LogP contribution >= 0.6 is 23.4 Å². The normalized spacial score (nSPS) is 18.7. The van der Waals surface area contributed by atoms with Crippen molar-refractivity contribution in [2.75, 3.05) is 23.7 Å². The van der Waals surface area contributed by atoms with E-state index in [0.717, 1.165) is 30.1 Å². The van der Waals surface area contributed by atoms with Crippen molar-refractivity contribution in [2.45, 2.75) is 18.6 Å². The van der Waals surface area contributed by atoms with Gasteiger partial charge in [0, 0.05) is 39.9 Å². The zero-order valence-corrected chi connectivity index (χ0v) is 12.2. The fourth-order valence-electron chi connectivity index (χ4n) is 2.22. The topological polar surface area (TPSA) is 53.1 Å². The second kappa shape index (κ2) is 5.02. The summed E-state index contributed by atoms with van der Waals surface area (Å²) in [5, 5.41) is 8.35. The first-order chi connectivity index (χ1) is 8.39. The van der Waals surface area contributed by atoms with Crippen molar-refractivity contribution in [3.8, 4) is 0 Å². The molecule has 1 aromatic rings. The molecule has 0 aliphatic carbocycles. The van der Waals surface area contributed by atoms with Gasteiger partial charge in [-0.3, -0.25) is 5.41 Å². The first-order valence-corrected chi connectivity index (χ1v) is 7.28. The van der Waals surface area contributed by atoms with Crippen LogP contribution in [0.5, 0.6) is 0 Å². The summed E-state index contributed by atoms with van der Waals surface area (Å²) in [5.74, 6) is 1.18. The van der Waals surface area contributed by atoms with Crippen molar-refractivity contribution in [1.82, 2.24) is 0 Å². The lowest BCUT2D eigenvalue weighted by Gasteiger charge is -2.39. The molecule has 98 valence electrons. The zero-order valence-electron chi connectivity index (χ0n) is 10.7. The molecule has 1 heterocycles. The van der Waals surface area contributed by atoms with Gasteiger partial charge < -0.3 is 10.6 Å². The molecule has 0 bridgehead atoms. The van der Waals surface area contributed by atoms with Crippen LogP contribution in [0.2, 0.25) is 5.02 Å². The van der Waals surface area contributed by atoms with Gasteiger partial charge in [-0.05, 0) is 32.0 Å². The molecule has 1 aliphatic heterocycles. The second-order valence-corrected chi connectivity index (χ2v) is 7.34. The van der Waals surface area contributed by atoms with E-state index in [1.807, 2.05) is 23.9 Å². The highest BCUT2D eigenvalue weighted by Crippen LogP contribution is 2.34. The molecule has 1 fully saturated rings. The van der Waals surface area contributed by atoms with Crippen LogP contribution in [0.4, 0.5) is 5.69 Å². The SMILES string of the molecule is CC1(C)CN(c2cc(Cl)ccc2C(=N)N)CCS1. The van der Waals surface area contributed by atoms with Gasteiger partial charge >= 0.3 is 0 Å². The van der Waals surface area contributed by atoms with Crippen LogP contribution in [0.1, 0.15) is 19.4 Å². The van der Waals surface area contributed by atoms with Crippen LogP contribution in [-0.2, 0) is 0 Å². The monoisotopic (exact) mass is 283 g/mol. The number of thioether (sulfide) groups is 1. The van der Waals surface area contributed by atoms with Gasteiger partial charge in [0.15, 0.2) is 0 Å². The van der Waals surface area contributed by atoms with E-state index in [-0.39, 0.29) is 10.6 Å². The number of nitrogen functional groups attached to an aromatic ring is 1. The summed E-state index contributed by atoms with van der Waals surface area (Å²) in [4.78, 5) is 2.28. The molecule has 1 aliphatic rings. The van der Waals surface area contributed by atoms with E-state index in [2.05, 4.69) is 18.7 Å². The van der Waals surface area contributed by atoms with Crippen LogP contribution < -0.4 is 10.6 Å². The van der Waals surface area contributed by atoms with Gasteiger partial charge in [0.1, 0.15) is 5.84 Å². The molecule has 0 aromatic heterocycles. The summed E-state index contributed by atoms with van der Waals surface area (Å²) < 4.78 is 0.217. The van der Waals surface area contributed by atoms with Crippen molar-refractivity contribution in [3.05, 3.63) is 28.8 Å². The number of nitrogens with two attached hydrogens (primary N) is 1. The van der Waals surface area contributed by atoms with Crippen LogP contribution in [0.3, 0.4) is 0 Å². The number of anilines is 1. The highest BCUT2D eigenvalue weighted by molar-refractivity contribution is 8.00. The summed E-state index contributed by atoms with van der Waals surface area (Å²) in [6.07, 6.45) is 0. The maximum Gasteiger partial charge on any atom is 0.124 e. The number of hydrogen-bond donors (Lipinski definition) is 2. The Kier molecular flexibility index (Phi) is 3.78. The fraction of sp³-hybridized carbons (Fsp3) is 0.462. The zero-order chi connectivity index (χ0) is 13.3. The average molecular weight is 284 g/mol. The van der Waals surface area contributed by atoms with Gasteiger partial charge in [-0.1, -0.05) is 11.6 Å². The molecule has 3 N–H and O–H groups in total. The minimum Gasteiger partial charge on any atom is -0.384 e. The Hall–Kier alpha value is -0.870. The van der Waals surface area contributed by atoms with Crippen molar-refractivity contribution in [3.63, 3.8) is 0 Å². The lowest BCUT2D eigenvalue weighted by Crippen LogP contribution is -2.43. The van der Waals surface area contributed by atoms with Crippen molar-refractivity contribution < 1.29 is 0 Å². The van der Waals surface area contributed by atoms with Gasteiger partial charge in [-0.15, -0.1) is 0 Å². The molecule has 2 rings (SSSR count). The highest BCUT2D eigenvalue weighted by atomic mass is 35.5. The Morgan fingerprint density at radius 1 is 1.50 bits per heavy atom. The predicted octanol–water partition coefficient (Wildman–Crippen LogP) is 2.96. The third-order valence-corrected chi connectivity index (χ3v) is 4.55. The van der Waals surface area contributed by atoms with Gasteiger partial charge in [0.25, 0.3) is 0 Å². The third-order valence-electron chi connectivity index (χ3n) is 3.02. The minimum absolute atomic E-state index is 0.0951. The van der Waals surface area contributed by atoms with Crippen molar-refractivity contribution in [1.29, 1.82) is 5.41 Å². The molecule has 1 saturated heterocycles. The molecule has 0 saturated carbocycles. The first kappa shape index (κ1) is 13.6. The number of nitrogens with one attached hydrogen (secondary N) is 1. The number of amidine groups is 1. The lowest BCUT2D eigenvalue weighted by molar-refractivity contribution is 0.647.